The fourth-order valence-electron chi connectivity index (χ4n) is 1.50. The summed E-state index contributed by atoms with van der Waals surface area (Å²) >= 11 is 0. The lowest BCUT2D eigenvalue weighted by Gasteiger charge is -2.19. The highest BCUT2D eigenvalue weighted by atomic mass is 19.1. The Labute approximate surface area is 98.4 Å². The molecule has 0 radical (unpaired) electrons. The Morgan fingerprint density at radius 2 is 2.00 bits per heavy atom. The standard InChI is InChI=1S/C11H14FN5/c1-11(2,3)17-10(14-15-16-17)7-4-5-8(12)9(13)6-7/h4-6H,13H2,1-3H3. The number of nitrogens with two attached hydrogens (primary N) is 1. The zero-order chi connectivity index (χ0) is 12.6. The molecule has 2 aromatic rings. The zero-order valence-electron chi connectivity index (χ0n) is 9.98. The van der Waals surface area contributed by atoms with E-state index < -0.39 is 5.82 Å². The SMILES string of the molecule is CC(C)(C)n1nnnc1-c1ccc(F)c(N)c1. The highest BCUT2D eigenvalue weighted by molar-refractivity contribution is 5.61. The van der Waals surface area contributed by atoms with Crippen LogP contribution >= 0.6 is 0 Å². The average molecular weight is 235 g/mol. The van der Waals surface area contributed by atoms with Gasteiger partial charge in [-0.3, -0.25) is 0 Å². The number of nitrogen functional groups attached to an aromatic ring is 1. The molecule has 2 N–H and O–H groups in total. The van der Waals surface area contributed by atoms with Crippen molar-refractivity contribution in [3.05, 3.63) is 24.0 Å². The summed E-state index contributed by atoms with van der Waals surface area (Å²) in [6.45, 7) is 5.96. The molecule has 0 saturated heterocycles. The first-order chi connectivity index (χ1) is 7.89. The smallest absolute Gasteiger partial charge is 0.182 e. The van der Waals surface area contributed by atoms with E-state index in [4.69, 9.17) is 5.73 Å². The van der Waals surface area contributed by atoms with Gasteiger partial charge in [0.05, 0.1) is 11.2 Å². The Hall–Kier alpha value is -1.98. The average Bonchev–Trinajstić information content (AvgIpc) is 2.70. The maximum absolute atomic E-state index is 13.1. The van der Waals surface area contributed by atoms with Crippen molar-refractivity contribution in [2.45, 2.75) is 26.3 Å². The molecule has 0 atom stereocenters. The minimum Gasteiger partial charge on any atom is -0.396 e. The van der Waals surface area contributed by atoms with Crippen molar-refractivity contribution in [2.75, 3.05) is 5.73 Å². The number of rotatable bonds is 1. The van der Waals surface area contributed by atoms with Gasteiger partial charge >= 0.3 is 0 Å². The Kier molecular flexibility index (Phi) is 2.57. The van der Waals surface area contributed by atoms with Gasteiger partial charge in [-0.25, -0.2) is 9.07 Å². The predicted molar refractivity (Wildman–Crippen MR) is 62.6 cm³/mol. The second-order valence-electron chi connectivity index (χ2n) is 4.82. The maximum Gasteiger partial charge on any atom is 0.182 e. The third-order valence-corrected chi connectivity index (χ3v) is 2.36. The Morgan fingerprint density at radius 1 is 1.29 bits per heavy atom. The maximum atomic E-state index is 13.1. The molecule has 0 fully saturated rings. The van der Waals surface area contributed by atoms with Gasteiger partial charge in [0.1, 0.15) is 5.82 Å². The van der Waals surface area contributed by atoms with Crippen LogP contribution in [-0.4, -0.2) is 20.2 Å². The van der Waals surface area contributed by atoms with Gasteiger partial charge in [-0.15, -0.1) is 5.10 Å². The molecule has 1 aromatic carbocycles. The van der Waals surface area contributed by atoms with Crippen LogP contribution < -0.4 is 5.73 Å². The lowest BCUT2D eigenvalue weighted by atomic mass is 10.1. The predicted octanol–water partition coefficient (Wildman–Crippen LogP) is 1.82. The first-order valence-corrected chi connectivity index (χ1v) is 5.24. The van der Waals surface area contributed by atoms with E-state index >= 15 is 0 Å². The van der Waals surface area contributed by atoms with Crippen LogP contribution in [0.5, 0.6) is 0 Å². The minimum atomic E-state index is -0.441. The van der Waals surface area contributed by atoms with Crippen LogP contribution in [0, 0.1) is 5.82 Å². The Morgan fingerprint density at radius 3 is 2.59 bits per heavy atom. The van der Waals surface area contributed by atoms with Crippen LogP contribution in [0.2, 0.25) is 0 Å². The van der Waals surface area contributed by atoms with Crippen LogP contribution in [0.15, 0.2) is 18.2 Å². The number of nitrogens with zero attached hydrogens (tertiary/aromatic N) is 4. The van der Waals surface area contributed by atoms with Crippen LogP contribution in [0.1, 0.15) is 20.8 Å². The van der Waals surface area contributed by atoms with Crippen molar-refractivity contribution in [1.29, 1.82) is 0 Å². The fraction of sp³-hybridized carbons (Fsp3) is 0.364. The highest BCUT2D eigenvalue weighted by Gasteiger charge is 2.20. The molecule has 6 heteroatoms. The first-order valence-electron chi connectivity index (χ1n) is 5.24. The Bertz CT molecular complexity index is 541. The molecule has 5 nitrogen and oxygen atoms in total. The number of tetrazole rings is 1. The first kappa shape index (κ1) is 11.5. The van der Waals surface area contributed by atoms with Gasteiger partial charge in [-0.1, -0.05) is 0 Å². The molecule has 0 aliphatic rings. The van der Waals surface area contributed by atoms with E-state index in [1.165, 1.54) is 12.1 Å². The van der Waals surface area contributed by atoms with Crippen molar-refractivity contribution in [3.63, 3.8) is 0 Å². The number of hydrogen-bond donors (Lipinski definition) is 1. The van der Waals surface area contributed by atoms with Crippen molar-refractivity contribution < 1.29 is 4.39 Å². The summed E-state index contributed by atoms with van der Waals surface area (Å²) in [6.07, 6.45) is 0. The summed E-state index contributed by atoms with van der Waals surface area (Å²) in [5.41, 5.74) is 6.07. The lowest BCUT2D eigenvalue weighted by molar-refractivity contribution is 0.351. The monoisotopic (exact) mass is 235 g/mol. The molecule has 1 aromatic heterocycles. The van der Waals surface area contributed by atoms with E-state index in [1.54, 1.807) is 10.7 Å². The molecule has 0 spiro atoms. The summed E-state index contributed by atoms with van der Waals surface area (Å²) in [5, 5.41) is 11.5. The van der Waals surface area contributed by atoms with Crippen LogP contribution in [0.4, 0.5) is 10.1 Å². The summed E-state index contributed by atoms with van der Waals surface area (Å²) in [6, 6.07) is 4.45. The molecule has 2 rings (SSSR count). The number of anilines is 1. The van der Waals surface area contributed by atoms with Crippen molar-refractivity contribution in [1.82, 2.24) is 20.2 Å². The van der Waals surface area contributed by atoms with Gasteiger partial charge in [-0.05, 0) is 49.4 Å². The zero-order valence-corrected chi connectivity index (χ0v) is 9.98. The van der Waals surface area contributed by atoms with Gasteiger partial charge in [0.2, 0.25) is 0 Å². The molecule has 0 saturated carbocycles. The third-order valence-electron chi connectivity index (χ3n) is 2.36. The second-order valence-corrected chi connectivity index (χ2v) is 4.82. The molecular weight excluding hydrogens is 221 g/mol. The number of benzene rings is 1. The number of hydrogen-bond acceptors (Lipinski definition) is 4. The molecule has 0 aliphatic heterocycles. The van der Waals surface area contributed by atoms with Crippen molar-refractivity contribution in [2.24, 2.45) is 0 Å². The quantitative estimate of drug-likeness (QED) is 0.765. The lowest BCUT2D eigenvalue weighted by Crippen LogP contribution is -2.24. The molecule has 0 amide bonds. The molecule has 0 aliphatic carbocycles. The summed E-state index contributed by atoms with van der Waals surface area (Å²) in [4.78, 5) is 0. The number of aromatic nitrogens is 4. The Balaban J connectivity index is 2.54. The van der Waals surface area contributed by atoms with Crippen LogP contribution in [0.25, 0.3) is 11.4 Å². The summed E-state index contributed by atoms with van der Waals surface area (Å²) in [7, 11) is 0. The van der Waals surface area contributed by atoms with Crippen molar-refractivity contribution >= 4 is 5.69 Å². The molecule has 0 unspecified atom stereocenters. The fourth-order valence-corrected chi connectivity index (χ4v) is 1.50. The largest absolute Gasteiger partial charge is 0.396 e. The molecule has 0 bridgehead atoms. The van der Waals surface area contributed by atoms with Crippen molar-refractivity contribution in [3.8, 4) is 11.4 Å². The van der Waals surface area contributed by atoms with Gasteiger partial charge in [0.25, 0.3) is 0 Å². The van der Waals surface area contributed by atoms with Gasteiger partial charge < -0.3 is 5.73 Å². The van der Waals surface area contributed by atoms with E-state index in [2.05, 4.69) is 15.5 Å². The normalized spacial score (nSPS) is 11.8. The topological polar surface area (TPSA) is 69.6 Å². The van der Waals surface area contributed by atoms with E-state index in [0.717, 1.165) is 0 Å². The summed E-state index contributed by atoms with van der Waals surface area (Å²) in [5.74, 6) is 0.132. The molecular formula is C11H14FN5. The van der Waals surface area contributed by atoms with E-state index in [0.29, 0.717) is 11.4 Å². The van der Waals surface area contributed by atoms with Gasteiger partial charge in [-0.2, -0.15) is 0 Å². The highest BCUT2D eigenvalue weighted by Crippen LogP contribution is 2.24. The van der Waals surface area contributed by atoms with Crippen LogP contribution in [0.3, 0.4) is 0 Å². The van der Waals surface area contributed by atoms with E-state index in [-0.39, 0.29) is 11.2 Å². The number of halogens is 1. The molecule has 1 heterocycles. The molecule has 90 valence electrons. The second kappa shape index (κ2) is 3.80. The van der Waals surface area contributed by atoms with Gasteiger partial charge in [0.15, 0.2) is 5.82 Å². The summed E-state index contributed by atoms with van der Waals surface area (Å²) < 4.78 is 14.8. The van der Waals surface area contributed by atoms with Gasteiger partial charge in [0, 0.05) is 5.56 Å². The van der Waals surface area contributed by atoms with E-state index in [9.17, 15) is 4.39 Å². The third kappa shape index (κ3) is 2.11. The van der Waals surface area contributed by atoms with E-state index in [1.807, 2.05) is 20.8 Å². The minimum absolute atomic E-state index is 0.0889. The molecule has 17 heavy (non-hydrogen) atoms. The van der Waals surface area contributed by atoms with Crippen LogP contribution in [-0.2, 0) is 5.54 Å².